The number of carbonyl (C=O) groups is 3. The van der Waals surface area contributed by atoms with E-state index in [1.54, 1.807) is 0 Å². The van der Waals surface area contributed by atoms with Crippen LogP contribution in [0.1, 0.15) is 310 Å². The van der Waals surface area contributed by atoms with Crippen molar-refractivity contribution < 1.29 is 28.6 Å². The zero-order valence-corrected chi connectivity index (χ0v) is 52.3. The van der Waals surface area contributed by atoms with Crippen molar-refractivity contribution in [2.45, 2.75) is 316 Å². The molecule has 0 spiro atoms. The molecule has 0 radical (unpaired) electrons. The van der Waals surface area contributed by atoms with Crippen molar-refractivity contribution in [3.63, 3.8) is 0 Å². The highest BCUT2D eigenvalue weighted by molar-refractivity contribution is 5.71. The summed E-state index contributed by atoms with van der Waals surface area (Å²) in [6, 6.07) is 0. The molecule has 1 atom stereocenters. The third-order valence-electron chi connectivity index (χ3n) is 14.2. The van der Waals surface area contributed by atoms with Gasteiger partial charge >= 0.3 is 17.9 Å². The highest BCUT2D eigenvalue weighted by atomic mass is 16.6. The van der Waals surface area contributed by atoms with Gasteiger partial charge in [0.05, 0.1) is 0 Å². The Bertz CT molecular complexity index is 1650. The number of unbranched alkanes of at least 4 members (excludes halogenated alkanes) is 29. The largest absolute Gasteiger partial charge is 0.462 e. The second-order valence-electron chi connectivity index (χ2n) is 22.0. The first-order valence-electron chi connectivity index (χ1n) is 33.5. The molecule has 1 unspecified atom stereocenters. The SMILES string of the molecule is CC/C=C\C/C=C\C/C=C\C/C=C\C/C=C\C/C=C\C/C=C\CCCCCCCCCCCCCCCC(=O)OCC(COC(=O)CCCCCCC/C=C\CCCCCC)OC(=O)CCCCCCC/C=C\C/C=C\CCCC. The maximum Gasteiger partial charge on any atom is 0.306 e. The Kier molecular flexibility index (Phi) is 63.8. The van der Waals surface area contributed by atoms with Crippen LogP contribution >= 0.6 is 0 Å². The number of hydrogen-bond acceptors (Lipinski definition) is 6. The molecule has 0 amide bonds. The van der Waals surface area contributed by atoms with Gasteiger partial charge in [-0.25, -0.2) is 0 Å². The maximum absolute atomic E-state index is 12.9. The van der Waals surface area contributed by atoms with E-state index in [9.17, 15) is 14.4 Å². The smallest absolute Gasteiger partial charge is 0.306 e. The third kappa shape index (κ3) is 64.6. The average molecular weight is 1110 g/mol. The highest BCUT2D eigenvalue weighted by Gasteiger charge is 2.19. The fraction of sp³-hybridized carbons (Fsp3) is 0.689. The van der Waals surface area contributed by atoms with Crippen LogP contribution in [0.25, 0.3) is 0 Å². The summed E-state index contributed by atoms with van der Waals surface area (Å²) < 4.78 is 16.9. The molecule has 6 nitrogen and oxygen atoms in total. The van der Waals surface area contributed by atoms with Crippen LogP contribution in [0, 0.1) is 0 Å². The van der Waals surface area contributed by atoms with Crippen molar-refractivity contribution in [1.29, 1.82) is 0 Å². The molecule has 0 rings (SSSR count). The first-order valence-corrected chi connectivity index (χ1v) is 33.5. The molecule has 0 fully saturated rings. The number of hydrogen-bond donors (Lipinski definition) is 0. The minimum atomic E-state index is -0.790. The standard InChI is InChI=1S/C74H124O6/c1-4-7-10-13-16-19-22-25-27-28-29-30-31-32-33-34-35-36-37-38-39-40-41-42-43-44-45-46-47-50-52-55-58-61-64-67-73(76)79-70-71(69-78-72(75)66-63-60-57-54-51-48-24-21-18-15-12-9-6-3)80-74(77)68-65-62-59-56-53-49-26-23-20-17-14-11-8-5-2/h7,10,14,16-17,19,21,23-27,29-30,32-33,35-36,38-39,71H,4-6,8-9,11-13,15,18,20,22,28,31,34,37,40-70H2,1-3H3/b10-7-,17-14-,19-16-,24-21-,26-23-,27-25-,30-29-,33-32-,36-35-,39-38-. The monoisotopic (exact) mass is 1110 g/mol. The van der Waals surface area contributed by atoms with E-state index in [4.69, 9.17) is 14.2 Å². The van der Waals surface area contributed by atoms with Crippen molar-refractivity contribution >= 4 is 17.9 Å². The van der Waals surface area contributed by atoms with E-state index in [-0.39, 0.29) is 31.1 Å². The molecule has 0 aliphatic carbocycles. The average Bonchev–Trinajstić information content (AvgIpc) is 3.46. The van der Waals surface area contributed by atoms with Crippen LogP contribution in [-0.2, 0) is 28.6 Å². The Hall–Kier alpha value is -4.19. The summed E-state index contributed by atoms with van der Waals surface area (Å²) in [6.45, 7) is 6.46. The molecule has 80 heavy (non-hydrogen) atoms. The van der Waals surface area contributed by atoms with E-state index in [0.29, 0.717) is 19.3 Å². The van der Waals surface area contributed by atoms with Gasteiger partial charge in [0.2, 0.25) is 0 Å². The third-order valence-corrected chi connectivity index (χ3v) is 14.2. The lowest BCUT2D eigenvalue weighted by atomic mass is 10.0. The number of rotatable bonds is 60. The number of carbonyl (C=O) groups excluding carboxylic acids is 3. The van der Waals surface area contributed by atoms with E-state index in [2.05, 4.69) is 142 Å². The fourth-order valence-electron chi connectivity index (χ4n) is 9.14. The fourth-order valence-corrected chi connectivity index (χ4v) is 9.14. The van der Waals surface area contributed by atoms with Gasteiger partial charge in [-0.1, -0.05) is 284 Å². The molecule has 0 aliphatic rings. The van der Waals surface area contributed by atoms with Crippen molar-refractivity contribution in [2.24, 2.45) is 0 Å². The van der Waals surface area contributed by atoms with Crippen LogP contribution < -0.4 is 0 Å². The molecule has 0 heterocycles. The normalized spacial score (nSPS) is 12.9. The van der Waals surface area contributed by atoms with Gasteiger partial charge in [0, 0.05) is 19.3 Å². The van der Waals surface area contributed by atoms with E-state index in [1.807, 2.05) is 0 Å². The summed E-state index contributed by atoms with van der Waals surface area (Å²) in [5.74, 6) is -0.904. The van der Waals surface area contributed by atoms with Gasteiger partial charge in [-0.3, -0.25) is 14.4 Å². The van der Waals surface area contributed by atoms with Gasteiger partial charge in [0.25, 0.3) is 0 Å². The van der Waals surface area contributed by atoms with E-state index >= 15 is 0 Å². The topological polar surface area (TPSA) is 78.9 Å². The Morgan fingerprint density at radius 3 is 0.812 bits per heavy atom. The minimum Gasteiger partial charge on any atom is -0.462 e. The highest BCUT2D eigenvalue weighted by Crippen LogP contribution is 2.16. The Balaban J connectivity index is 4.18. The van der Waals surface area contributed by atoms with Gasteiger partial charge in [0.1, 0.15) is 13.2 Å². The van der Waals surface area contributed by atoms with Crippen molar-refractivity contribution in [1.82, 2.24) is 0 Å². The molecular weight excluding hydrogens is 985 g/mol. The molecule has 0 saturated heterocycles. The predicted molar refractivity (Wildman–Crippen MR) is 348 cm³/mol. The molecule has 0 aromatic carbocycles. The molecule has 6 heteroatoms. The maximum atomic E-state index is 12.9. The molecule has 456 valence electrons. The van der Waals surface area contributed by atoms with Gasteiger partial charge in [-0.15, -0.1) is 0 Å². The van der Waals surface area contributed by atoms with E-state index in [1.165, 1.54) is 135 Å². The number of esters is 3. The Labute approximate surface area is 494 Å². The predicted octanol–water partition coefficient (Wildman–Crippen LogP) is 23.2. The molecule has 0 saturated carbocycles. The van der Waals surface area contributed by atoms with Crippen LogP contribution in [0.2, 0.25) is 0 Å². The summed E-state index contributed by atoms with van der Waals surface area (Å²) in [4.78, 5) is 38.3. The van der Waals surface area contributed by atoms with Gasteiger partial charge in [-0.2, -0.15) is 0 Å². The van der Waals surface area contributed by atoms with E-state index in [0.717, 1.165) is 135 Å². The first kappa shape index (κ1) is 75.8. The molecule has 0 aliphatic heterocycles. The summed E-state index contributed by atoms with van der Waals surface area (Å²) in [6.07, 6.45) is 93.6. The molecule has 0 aromatic rings. The lowest BCUT2D eigenvalue weighted by Crippen LogP contribution is -2.30. The van der Waals surface area contributed by atoms with Crippen LogP contribution in [0.4, 0.5) is 0 Å². The minimum absolute atomic E-state index is 0.0866. The number of ether oxygens (including phenoxy) is 3. The Morgan fingerprint density at radius 1 is 0.263 bits per heavy atom. The van der Waals surface area contributed by atoms with E-state index < -0.39 is 6.10 Å². The second kappa shape index (κ2) is 67.3. The van der Waals surface area contributed by atoms with Gasteiger partial charge in [-0.05, 0) is 128 Å². The lowest BCUT2D eigenvalue weighted by Gasteiger charge is -2.18. The molecule has 0 aromatic heterocycles. The summed E-state index contributed by atoms with van der Waals surface area (Å²) in [7, 11) is 0. The summed E-state index contributed by atoms with van der Waals surface area (Å²) in [5.41, 5.74) is 0. The zero-order valence-electron chi connectivity index (χ0n) is 52.3. The quantitative estimate of drug-likeness (QED) is 0.0261. The first-order chi connectivity index (χ1) is 39.5. The Morgan fingerprint density at radius 2 is 0.500 bits per heavy atom. The van der Waals surface area contributed by atoms with Gasteiger partial charge in [0.15, 0.2) is 6.10 Å². The van der Waals surface area contributed by atoms with Crippen molar-refractivity contribution in [3.05, 3.63) is 122 Å². The van der Waals surface area contributed by atoms with Crippen LogP contribution in [0.3, 0.4) is 0 Å². The molecular formula is C74H124O6. The summed E-state index contributed by atoms with van der Waals surface area (Å²) >= 11 is 0. The van der Waals surface area contributed by atoms with Crippen molar-refractivity contribution in [3.8, 4) is 0 Å². The summed E-state index contributed by atoms with van der Waals surface area (Å²) in [5, 5.41) is 0. The van der Waals surface area contributed by atoms with Gasteiger partial charge < -0.3 is 14.2 Å². The number of allylic oxidation sites excluding steroid dienone is 20. The second-order valence-corrected chi connectivity index (χ2v) is 22.0. The molecule has 0 N–H and O–H groups in total. The zero-order chi connectivity index (χ0) is 57.8. The van der Waals surface area contributed by atoms with Crippen LogP contribution in [-0.4, -0.2) is 37.2 Å². The lowest BCUT2D eigenvalue weighted by molar-refractivity contribution is -0.167. The van der Waals surface area contributed by atoms with Crippen molar-refractivity contribution in [2.75, 3.05) is 13.2 Å². The van der Waals surface area contributed by atoms with Crippen LogP contribution in [0.15, 0.2) is 122 Å². The molecule has 0 bridgehead atoms. The van der Waals surface area contributed by atoms with Crippen LogP contribution in [0.5, 0.6) is 0 Å².